The summed E-state index contributed by atoms with van der Waals surface area (Å²) < 4.78 is 1.90. The fourth-order valence-corrected chi connectivity index (χ4v) is 4.86. The number of nitrogens with zero attached hydrogens (tertiary/aromatic N) is 3. The monoisotopic (exact) mass is 370 g/mol. The van der Waals surface area contributed by atoms with Gasteiger partial charge >= 0.3 is 5.69 Å². The first kappa shape index (κ1) is 18.3. The molecule has 0 aliphatic carbocycles. The van der Waals surface area contributed by atoms with Crippen molar-refractivity contribution in [2.24, 2.45) is 5.92 Å². The molecule has 4 rings (SSSR count). The number of piperidine rings is 1. The van der Waals surface area contributed by atoms with E-state index in [1.54, 1.807) is 6.92 Å². The minimum Gasteiger partial charge on any atom is -0.343 e. The lowest BCUT2D eigenvalue weighted by Gasteiger charge is -2.34. The number of carbonyl (C=O) groups is 1. The number of carbonyl (C=O) groups excluding carboxylic acids is 1. The summed E-state index contributed by atoms with van der Waals surface area (Å²) in [6, 6.07) is 6.51. The molecule has 6 nitrogen and oxygen atoms in total. The molecule has 1 unspecified atom stereocenters. The summed E-state index contributed by atoms with van der Waals surface area (Å²) in [6.07, 6.45) is 5.67. The third-order valence-corrected chi connectivity index (χ3v) is 6.44. The molecule has 6 heteroatoms. The summed E-state index contributed by atoms with van der Waals surface area (Å²) in [6.45, 7) is 5.32. The molecular weight excluding hydrogens is 340 g/mol. The van der Waals surface area contributed by atoms with Crippen molar-refractivity contribution in [3.05, 3.63) is 34.2 Å². The van der Waals surface area contributed by atoms with Crippen LogP contribution in [0.15, 0.2) is 23.0 Å². The maximum Gasteiger partial charge on any atom is 0.326 e. The van der Waals surface area contributed by atoms with Gasteiger partial charge < -0.3 is 14.8 Å². The lowest BCUT2D eigenvalue weighted by molar-refractivity contribution is -0.130. The van der Waals surface area contributed by atoms with E-state index in [0.29, 0.717) is 12.0 Å². The van der Waals surface area contributed by atoms with Crippen molar-refractivity contribution >= 4 is 16.9 Å². The number of nitrogens with one attached hydrogen (secondary N) is 1. The zero-order valence-corrected chi connectivity index (χ0v) is 16.4. The Morgan fingerprint density at radius 1 is 1.33 bits per heavy atom. The van der Waals surface area contributed by atoms with Crippen molar-refractivity contribution in [1.82, 2.24) is 19.4 Å². The molecule has 0 spiro atoms. The highest BCUT2D eigenvalue weighted by Crippen LogP contribution is 2.25. The molecular formula is C21H30N4O2. The van der Waals surface area contributed by atoms with Crippen molar-refractivity contribution in [3.8, 4) is 0 Å². The number of para-hydroxylation sites is 1. The van der Waals surface area contributed by atoms with E-state index in [1.807, 2.05) is 21.6 Å². The number of aromatic amines is 1. The van der Waals surface area contributed by atoms with E-state index in [0.717, 1.165) is 56.5 Å². The van der Waals surface area contributed by atoms with Crippen LogP contribution in [0.3, 0.4) is 0 Å². The van der Waals surface area contributed by atoms with Crippen LogP contribution >= 0.6 is 0 Å². The lowest BCUT2D eigenvalue weighted by Crippen LogP contribution is -2.42. The van der Waals surface area contributed by atoms with Crippen molar-refractivity contribution < 1.29 is 4.79 Å². The second-order valence-electron chi connectivity index (χ2n) is 8.31. The van der Waals surface area contributed by atoms with Crippen LogP contribution in [0, 0.1) is 5.92 Å². The van der Waals surface area contributed by atoms with Crippen LogP contribution in [0.2, 0.25) is 0 Å². The molecule has 27 heavy (non-hydrogen) atoms. The van der Waals surface area contributed by atoms with E-state index in [-0.39, 0.29) is 11.6 Å². The van der Waals surface area contributed by atoms with Gasteiger partial charge in [0.2, 0.25) is 5.91 Å². The number of benzene rings is 1. The Bertz CT molecular complexity index is 884. The van der Waals surface area contributed by atoms with Crippen LogP contribution in [-0.2, 0) is 17.8 Å². The second-order valence-corrected chi connectivity index (χ2v) is 8.31. The summed E-state index contributed by atoms with van der Waals surface area (Å²) in [7, 11) is 2.18. The van der Waals surface area contributed by atoms with Gasteiger partial charge in [-0.25, -0.2) is 4.79 Å². The van der Waals surface area contributed by atoms with E-state index >= 15 is 0 Å². The van der Waals surface area contributed by atoms with Crippen LogP contribution in [0.5, 0.6) is 0 Å². The van der Waals surface area contributed by atoms with Crippen LogP contribution in [0.4, 0.5) is 0 Å². The van der Waals surface area contributed by atoms with Gasteiger partial charge in [-0.15, -0.1) is 0 Å². The number of rotatable bonds is 5. The Morgan fingerprint density at radius 2 is 2.19 bits per heavy atom. The standard InChI is InChI=1S/C21H30N4O2/c1-15(26)24-11-5-7-16(13-24)6-4-10-23(2)18-12-17-8-3-9-19-20(17)25(14-18)21(27)22-19/h3,8-9,16,18H,4-7,10-14H2,1-2H3,(H,22,27)/t16?,18-/m1/s1. The van der Waals surface area contributed by atoms with Crippen molar-refractivity contribution in [3.63, 3.8) is 0 Å². The average molecular weight is 370 g/mol. The van der Waals surface area contributed by atoms with Gasteiger partial charge in [0.15, 0.2) is 0 Å². The van der Waals surface area contributed by atoms with E-state index in [4.69, 9.17) is 0 Å². The van der Waals surface area contributed by atoms with Crippen LogP contribution < -0.4 is 5.69 Å². The lowest BCUT2D eigenvalue weighted by atomic mass is 9.93. The number of hydrogen-bond donors (Lipinski definition) is 1. The van der Waals surface area contributed by atoms with Gasteiger partial charge in [0.25, 0.3) is 0 Å². The maximum atomic E-state index is 12.3. The zero-order valence-electron chi connectivity index (χ0n) is 16.4. The maximum absolute atomic E-state index is 12.3. The SMILES string of the molecule is CC(=O)N1CCCC(CCCN(C)[C@@H]2Cc3cccc4[nH]c(=O)n(c34)C2)C1. The quantitative estimate of drug-likeness (QED) is 0.878. The average Bonchev–Trinajstić information content (AvgIpc) is 2.99. The molecule has 2 aliphatic rings. The van der Waals surface area contributed by atoms with Crippen molar-refractivity contribution in [2.45, 2.75) is 51.6 Å². The van der Waals surface area contributed by atoms with Gasteiger partial charge in [-0.2, -0.15) is 0 Å². The Balaban J connectivity index is 1.33. The van der Waals surface area contributed by atoms with Crippen LogP contribution in [-0.4, -0.2) is 58.0 Å². The summed E-state index contributed by atoms with van der Waals surface area (Å²) in [5.74, 6) is 0.844. The highest BCUT2D eigenvalue weighted by Gasteiger charge is 2.26. The normalized spacial score (nSPS) is 22.6. The highest BCUT2D eigenvalue weighted by molar-refractivity contribution is 5.79. The molecule has 2 atom stereocenters. The number of hydrogen-bond acceptors (Lipinski definition) is 3. The van der Waals surface area contributed by atoms with Gasteiger partial charge in [-0.05, 0) is 63.2 Å². The number of H-pyrrole nitrogens is 1. The molecule has 1 aromatic carbocycles. The van der Waals surface area contributed by atoms with Crippen LogP contribution in [0.25, 0.3) is 11.0 Å². The van der Waals surface area contributed by atoms with Crippen molar-refractivity contribution in [1.29, 1.82) is 0 Å². The molecule has 1 aromatic heterocycles. The van der Waals surface area contributed by atoms with E-state index in [2.05, 4.69) is 23.0 Å². The molecule has 146 valence electrons. The number of aromatic nitrogens is 2. The highest BCUT2D eigenvalue weighted by atomic mass is 16.2. The molecule has 1 saturated heterocycles. The molecule has 0 bridgehead atoms. The van der Waals surface area contributed by atoms with Gasteiger partial charge in [-0.3, -0.25) is 9.36 Å². The predicted molar refractivity (Wildman–Crippen MR) is 107 cm³/mol. The minimum absolute atomic E-state index is 0.00193. The van der Waals surface area contributed by atoms with Gasteiger partial charge in [-0.1, -0.05) is 12.1 Å². The van der Waals surface area contributed by atoms with E-state index in [9.17, 15) is 9.59 Å². The summed E-state index contributed by atoms with van der Waals surface area (Å²) in [4.78, 5) is 31.3. The largest absolute Gasteiger partial charge is 0.343 e. The summed E-state index contributed by atoms with van der Waals surface area (Å²) >= 11 is 0. The molecule has 1 N–H and O–H groups in total. The Kier molecular flexibility index (Phi) is 5.08. The van der Waals surface area contributed by atoms with Crippen molar-refractivity contribution in [2.75, 3.05) is 26.7 Å². The zero-order chi connectivity index (χ0) is 19.0. The molecule has 3 heterocycles. The molecule has 1 fully saturated rings. The number of likely N-dealkylation sites (tertiary alicyclic amines) is 1. The molecule has 0 radical (unpaired) electrons. The fourth-order valence-electron chi connectivity index (χ4n) is 4.86. The number of amides is 1. The Hall–Kier alpha value is -2.08. The predicted octanol–water partition coefficient (Wildman–Crippen LogP) is 2.22. The summed E-state index contributed by atoms with van der Waals surface area (Å²) in [5, 5.41) is 0. The van der Waals surface area contributed by atoms with E-state index < -0.39 is 0 Å². The minimum atomic E-state index is 0.00193. The summed E-state index contributed by atoms with van der Waals surface area (Å²) in [5.41, 5.74) is 3.30. The first-order chi connectivity index (χ1) is 13.0. The molecule has 1 amide bonds. The van der Waals surface area contributed by atoms with E-state index in [1.165, 1.54) is 18.4 Å². The Morgan fingerprint density at radius 3 is 3.00 bits per heavy atom. The third-order valence-electron chi connectivity index (χ3n) is 6.44. The van der Waals surface area contributed by atoms with Crippen LogP contribution in [0.1, 0.15) is 38.2 Å². The van der Waals surface area contributed by atoms with Gasteiger partial charge in [0.1, 0.15) is 0 Å². The topological polar surface area (TPSA) is 61.3 Å². The molecule has 2 aromatic rings. The second kappa shape index (κ2) is 7.50. The van der Waals surface area contributed by atoms with Gasteiger partial charge in [0.05, 0.1) is 11.0 Å². The third kappa shape index (κ3) is 3.68. The smallest absolute Gasteiger partial charge is 0.326 e. The van der Waals surface area contributed by atoms with Gasteiger partial charge in [0, 0.05) is 32.6 Å². The first-order valence-electron chi connectivity index (χ1n) is 10.2. The fraction of sp³-hybridized carbons (Fsp3) is 0.619. The molecule has 0 saturated carbocycles. The molecule has 2 aliphatic heterocycles. The first-order valence-corrected chi connectivity index (χ1v) is 10.2. The number of imidazole rings is 1. The number of likely N-dealkylation sites (N-methyl/N-ethyl adjacent to an activating group) is 1. The Labute approximate surface area is 160 Å².